The van der Waals surface area contributed by atoms with Crippen LogP contribution in [-0.4, -0.2) is 15.0 Å². The van der Waals surface area contributed by atoms with Crippen molar-refractivity contribution in [1.29, 1.82) is 0 Å². The molecule has 0 radical (unpaired) electrons. The molecule has 2 aromatic heterocycles. The van der Waals surface area contributed by atoms with Crippen LogP contribution in [-0.2, 0) is 0 Å². The number of benzene rings is 9. The second kappa shape index (κ2) is 11.7. The van der Waals surface area contributed by atoms with Crippen LogP contribution in [0.15, 0.2) is 180 Å². The average molecular weight is 676 g/mol. The number of aromatic nitrogens is 3. The van der Waals surface area contributed by atoms with Crippen LogP contribution in [0.1, 0.15) is 0 Å². The first-order chi connectivity index (χ1) is 26.2. The van der Waals surface area contributed by atoms with Crippen molar-refractivity contribution in [3.05, 3.63) is 176 Å². The highest BCUT2D eigenvalue weighted by atomic mass is 16.3. The van der Waals surface area contributed by atoms with E-state index < -0.39 is 0 Å². The molecule has 0 bridgehead atoms. The smallest absolute Gasteiger partial charge is 0.164 e. The number of hydrogen-bond donors (Lipinski definition) is 0. The van der Waals surface area contributed by atoms with Gasteiger partial charge in [-0.2, -0.15) is 0 Å². The van der Waals surface area contributed by atoms with E-state index in [1.807, 2.05) is 42.5 Å². The first-order valence-corrected chi connectivity index (χ1v) is 17.9. The normalized spacial score (nSPS) is 11.8. The fourth-order valence-corrected chi connectivity index (χ4v) is 7.91. The van der Waals surface area contributed by atoms with Gasteiger partial charge in [-0.05, 0) is 79.0 Å². The Hall–Kier alpha value is -7.17. The topological polar surface area (TPSA) is 51.8 Å². The van der Waals surface area contributed by atoms with E-state index in [4.69, 9.17) is 19.4 Å². The van der Waals surface area contributed by atoms with E-state index in [0.29, 0.717) is 17.5 Å². The Bertz CT molecular complexity index is 3240. The SMILES string of the molecule is c1ccc(-c2nc(-c3ccc4ccccc4c3)nc(-c3ccc(-c4ccc5c(ccc6c7ccccc7ccc56)c4)c4oc5ccccc5c34)n2)cc1. The van der Waals surface area contributed by atoms with Crippen molar-refractivity contribution in [2.75, 3.05) is 0 Å². The molecule has 0 aliphatic carbocycles. The van der Waals surface area contributed by atoms with Crippen LogP contribution in [0.3, 0.4) is 0 Å². The molecule has 0 aliphatic heterocycles. The van der Waals surface area contributed by atoms with E-state index >= 15 is 0 Å². The predicted molar refractivity (Wildman–Crippen MR) is 219 cm³/mol. The standard InChI is InChI=1S/C49H29N3O/c1-2-12-32(13-3-1)47-50-48(36-19-18-30-10-4-5-14-33(30)28-36)52-49(51-47)43-27-26-39(46-45(43)42-16-8-9-17-44(42)53-46)35-21-23-38-34(29-35)22-25-40-37-15-7-6-11-31(37)20-24-41(38)40/h1-29H. The summed E-state index contributed by atoms with van der Waals surface area (Å²) < 4.78 is 6.74. The first kappa shape index (κ1) is 29.5. The van der Waals surface area contributed by atoms with Crippen molar-refractivity contribution in [2.24, 2.45) is 0 Å². The lowest BCUT2D eigenvalue weighted by atomic mass is 9.93. The molecule has 53 heavy (non-hydrogen) atoms. The van der Waals surface area contributed by atoms with Gasteiger partial charge in [-0.25, -0.2) is 15.0 Å². The predicted octanol–water partition coefficient (Wildman–Crippen LogP) is 13.1. The minimum absolute atomic E-state index is 0.599. The lowest BCUT2D eigenvalue weighted by Gasteiger charge is -2.12. The maximum Gasteiger partial charge on any atom is 0.164 e. The van der Waals surface area contributed by atoms with Gasteiger partial charge in [-0.1, -0.05) is 146 Å². The number of para-hydroxylation sites is 1. The molecule has 4 heteroatoms. The quantitative estimate of drug-likeness (QED) is 0.174. The Kier molecular flexibility index (Phi) is 6.52. The molecule has 0 atom stereocenters. The van der Waals surface area contributed by atoms with Crippen LogP contribution in [0.25, 0.3) is 110 Å². The van der Waals surface area contributed by atoms with Crippen molar-refractivity contribution in [2.45, 2.75) is 0 Å². The first-order valence-electron chi connectivity index (χ1n) is 17.9. The van der Waals surface area contributed by atoms with Crippen LogP contribution in [0.4, 0.5) is 0 Å². The number of furan rings is 1. The molecule has 0 saturated heterocycles. The zero-order valence-corrected chi connectivity index (χ0v) is 28.5. The molecule has 0 unspecified atom stereocenters. The summed E-state index contributed by atoms with van der Waals surface area (Å²) in [7, 11) is 0. The number of nitrogens with zero attached hydrogens (tertiary/aromatic N) is 3. The number of rotatable bonds is 4. The van der Waals surface area contributed by atoms with Gasteiger partial charge < -0.3 is 4.42 Å². The molecule has 2 heterocycles. The molecule has 0 saturated carbocycles. The molecular weight excluding hydrogens is 647 g/mol. The molecule has 0 spiro atoms. The van der Waals surface area contributed by atoms with Gasteiger partial charge in [0, 0.05) is 33.0 Å². The molecule has 0 fully saturated rings. The summed E-state index contributed by atoms with van der Waals surface area (Å²) in [5.41, 5.74) is 6.50. The Balaban J connectivity index is 1.12. The summed E-state index contributed by atoms with van der Waals surface area (Å²) in [5.74, 6) is 1.85. The summed E-state index contributed by atoms with van der Waals surface area (Å²) in [6.07, 6.45) is 0. The lowest BCUT2D eigenvalue weighted by molar-refractivity contribution is 0.670. The van der Waals surface area contributed by atoms with Crippen molar-refractivity contribution in [3.8, 4) is 45.3 Å². The second-order valence-electron chi connectivity index (χ2n) is 13.6. The maximum absolute atomic E-state index is 6.74. The molecule has 0 N–H and O–H groups in total. The molecule has 4 nitrogen and oxygen atoms in total. The van der Waals surface area contributed by atoms with Gasteiger partial charge in [-0.15, -0.1) is 0 Å². The fourth-order valence-electron chi connectivity index (χ4n) is 7.91. The van der Waals surface area contributed by atoms with Crippen LogP contribution >= 0.6 is 0 Å². The van der Waals surface area contributed by atoms with Gasteiger partial charge in [0.2, 0.25) is 0 Å². The second-order valence-corrected chi connectivity index (χ2v) is 13.6. The van der Waals surface area contributed by atoms with Crippen molar-refractivity contribution in [3.63, 3.8) is 0 Å². The average Bonchev–Trinajstić information content (AvgIpc) is 3.63. The largest absolute Gasteiger partial charge is 0.455 e. The van der Waals surface area contributed by atoms with E-state index in [-0.39, 0.29) is 0 Å². The third-order valence-electron chi connectivity index (χ3n) is 10.5. The minimum Gasteiger partial charge on any atom is -0.455 e. The van der Waals surface area contributed by atoms with E-state index in [1.165, 1.54) is 37.7 Å². The van der Waals surface area contributed by atoms with Gasteiger partial charge >= 0.3 is 0 Å². The molecule has 9 aromatic carbocycles. The van der Waals surface area contributed by atoms with Crippen molar-refractivity contribution >= 4 is 65.0 Å². The van der Waals surface area contributed by atoms with Crippen LogP contribution in [0.2, 0.25) is 0 Å². The minimum atomic E-state index is 0.599. The molecule has 0 aliphatic rings. The van der Waals surface area contributed by atoms with Gasteiger partial charge in [0.25, 0.3) is 0 Å². The third-order valence-corrected chi connectivity index (χ3v) is 10.5. The van der Waals surface area contributed by atoms with Gasteiger partial charge in [-0.3, -0.25) is 0 Å². The zero-order valence-electron chi connectivity index (χ0n) is 28.5. The Morgan fingerprint density at radius 1 is 0.321 bits per heavy atom. The summed E-state index contributed by atoms with van der Waals surface area (Å²) in [6.45, 7) is 0. The maximum atomic E-state index is 6.74. The van der Waals surface area contributed by atoms with Crippen molar-refractivity contribution in [1.82, 2.24) is 15.0 Å². The highest BCUT2D eigenvalue weighted by Gasteiger charge is 2.21. The van der Waals surface area contributed by atoms with Gasteiger partial charge in [0.05, 0.1) is 0 Å². The summed E-state index contributed by atoms with van der Waals surface area (Å²) in [4.78, 5) is 15.3. The van der Waals surface area contributed by atoms with Gasteiger partial charge in [0.1, 0.15) is 11.2 Å². The van der Waals surface area contributed by atoms with Crippen LogP contribution < -0.4 is 0 Å². The Labute approximate surface area is 304 Å². The molecule has 11 rings (SSSR count). The number of hydrogen-bond acceptors (Lipinski definition) is 4. The van der Waals surface area contributed by atoms with E-state index in [2.05, 4.69) is 133 Å². The molecular formula is C49H29N3O. The lowest BCUT2D eigenvalue weighted by Crippen LogP contribution is -2.00. The fraction of sp³-hybridized carbons (Fsp3) is 0. The Morgan fingerprint density at radius 2 is 0.887 bits per heavy atom. The summed E-state index contributed by atoms with van der Waals surface area (Å²) in [5, 5.41) is 11.8. The monoisotopic (exact) mass is 675 g/mol. The molecule has 246 valence electrons. The summed E-state index contributed by atoms with van der Waals surface area (Å²) in [6, 6.07) is 61.7. The van der Waals surface area contributed by atoms with Crippen LogP contribution in [0, 0.1) is 0 Å². The third kappa shape index (κ3) is 4.80. The molecule has 11 aromatic rings. The highest BCUT2D eigenvalue weighted by molar-refractivity contribution is 6.19. The van der Waals surface area contributed by atoms with E-state index in [0.717, 1.165) is 55.1 Å². The Morgan fingerprint density at radius 3 is 1.74 bits per heavy atom. The zero-order chi connectivity index (χ0) is 34.9. The van der Waals surface area contributed by atoms with E-state index in [1.54, 1.807) is 0 Å². The number of fused-ring (bicyclic) bond motifs is 9. The summed E-state index contributed by atoms with van der Waals surface area (Å²) >= 11 is 0. The van der Waals surface area contributed by atoms with E-state index in [9.17, 15) is 0 Å². The van der Waals surface area contributed by atoms with Crippen molar-refractivity contribution < 1.29 is 4.42 Å². The van der Waals surface area contributed by atoms with Gasteiger partial charge in [0.15, 0.2) is 17.5 Å². The molecule has 0 amide bonds. The highest BCUT2D eigenvalue weighted by Crippen LogP contribution is 2.43. The van der Waals surface area contributed by atoms with Crippen LogP contribution in [0.5, 0.6) is 0 Å².